The van der Waals surface area contributed by atoms with Gasteiger partial charge in [0.2, 0.25) is 0 Å². The molecule has 0 unspecified atom stereocenters. The second-order valence-corrected chi connectivity index (χ2v) is 26.0. The smallest absolute Gasteiger partial charge is 0.0557 e. The lowest BCUT2D eigenvalue weighted by Gasteiger charge is -2.31. The molecule has 3 aliphatic carbocycles. The lowest BCUT2D eigenvalue weighted by molar-refractivity contribution is 0.793. The summed E-state index contributed by atoms with van der Waals surface area (Å²) in [7, 11) is 0. The molecule has 0 saturated carbocycles. The normalized spacial score (nSPS) is 26.5. The van der Waals surface area contributed by atoms with Crippen LogP contribution in [0.1, 0.15) is 104 Å². The van der Waals surface area contributed by atoms with E-state index in [0.717, 1.165) is 0 Å². The average molecular weight is 499 g/mol. The molecule has 33 heavy (non-hydrogen) atoms. The van der Waals surface area contributed by atoms with Gasteiger partial charge in [-0.25, -0.2) is 0 Å². The maximum Gasteiger partial charge on any atom is 0.0557 e. The number of hydrogen-bond acceptors (Lipinski definition) is 0. The van der Waals surface area contributed by atoms with Gasteiger partial charge in [0.05, 0.1) is 15.5 Å². The number of allylic oxidation sites excluding steroid dienone is 12. The molecular weight excluding hydrogens is 453 g/mol. The van der Waals surface area contributed by atoms with E-state index in [1.165, 1.54) is 0 Å². The van der Waals surface area contributed by atoms with Crippen molar-refractivity contribution in [2.24, 2.45) is 0 Å². The molecule has 0 spiro atoms. The molecule has 0 bridgehead atoms. The van der Waals surface area contributed by atoms with Crippen molar-refractivity contribution >= 4 is 20.7 Å². The van der Waals surface area contributed by atoms with E-state index >= 15 is 0 Å². The minimum atomic E-state index is -0.117. The molecule has 3 heteroatoms. The Kier molecular flexibility index (Phi) is 5.72. The first kappa shape index (κ1) is 25.4. The highest BCUT2D eigenvalue weighted by Gasteiger charge is 2.58. The van der Waals surface area contributed by atoms with Crippen LogP contribution in [0.25, 0.3) is 0 Å². The fraction of sp³-hybridized carbons (Fsp3) is 0.600. The average Bonchev–Trinajstić information content (AvgIpc) is 3.49. The van der Waals surface area contributed by atoms with Crippen molar-refractivity contribution < 1.29 is 0 Å². The standard InChI is InChI=1S/C30H45P3/c1-16-17(2)23(8)28(13,22(16)7)31-32(29(14)24(9)18(3)19(4)25(29)10)33(31)30(15)26(11)20(5)21(6)27(30)12/h1-15H3. The van der Waals surface area contributed by atoms with Crippen LogP contribution in [0.3, 0.4) is 0 Å². The van der Waals surface area contributed by atoms with Crippen molar-refractivity contribution in [1.29, 1.82) is 0 Å². The van der Waals surface area contributed by atoms with Gasteiger partial charge < -0.3 is 0 Å². The Balaban J connectivity index is 2.11. The van der Waals surface area contributed by atoms with Crippen molar-refractivity contribution in [2.45, 2.75) is 119 Å². The van der Waals surface area contributed by atoms with Crippen molar-refractivity contribution in [2.75, 3.05) is 0 Å². The summed E-state index contributed by atoms with van der Waals surface area (Å²) in [4.78, 5) is 0. The first-order chi connectivity index (χ1) is 15.0. The van der Waals surface area contributed by atoms with Gasteiger partial charge in [-0.3, -0.25) is 0 Å². The molecule has 180 valence electrons. The maximum absolute atomic E-state index is 2.65. The van der Waals surface area contributed by atoms with E-state index in [2.05, 4.69) is 104 Å². The first-order valence-corrected chi connectivity index (χ1v) is 18.7. The van der Waals surface area contributed by atoms with E-state index in [1.807, 2.05) is 0 Å². The van der Waals surface area contributed by atoms with E-state index in [4.69, 9.17) is 0 Å². The van der Waals surface area contributed by atoms with Gasteiger partial charge in [0, 0.05) is 0 Å². The lowest BCUT2D eigenvalue weighted by atomic mass is 9.98. The van der Waals surface area contributed by atoms with Gasteiger partial charge in [0.1, 0.15) is 0 Å². The molecule has 0 aliphatic heterocycles. The van der Waals surface area contributed by atoms with Crippen molar-refractivity contribution in [1.82, 2.24) is 0 Å². The van der Waals surface area contributed by atoms with Crippen LogP contribution < -0.4 is 0 Å². The van der Waals surface area contributed by atoms with Gasteiger partial charge in [0.15, 0.2) is 0 Å². The van der Waals surface area contributed by atoms with Crippen LogP contribution >= 0.6 is 20.7 Å². The van der Waals surface area contributed by atoms with Crippen LogP contribution in [-0.4, -0.2) is 0 Å². The van der Waals surface area contributed by atoms with Crippen LogP contribution in [0.5, 0.6) is 0 Å². The molecule has 1 heterocycles. The summed E-state index contributed by atoms with van der Waals surface area (Å²) in [5, 5.41) is 0.800. The summed E-state index contributed by atoms with van der Waals surface area (Å²) in [6.07, 6.45) is 0. The molecular formula is C30H45P3. The summed E-state index contributed by atoms with van der Waals surface area (Å²) >= 11 is 0. The topological polar surface area (TPSA) is 0 Å². The van der Waals surface area contributed by atoms with Crippen molar-refractivity contribution in [3.63, 3.8) is 0 Å². The zero-order valence-corrected chi connectivity index (χ0v) is 26.5. The van der Waals surface area contributed by atoms with E-state index in [1.54, 1.807) is 66.9 Å². The van der Waals surface area contributed by atoms with E-state index in [9.17, 15) is 0 Å². The molecule has 0 fully saturated rings. The Bertz CT molecular complexity index is 1050. The Labute approximate surface area is 206 Å². The van der Waals surface area contributed by atoms with E-state index < -0.39 is 0 Å². The molecule has 4 rings (SSSR count). The van der Waals surface area contributed by atoms with Gasteiger partial charge in [-0.15, -0.1) is 0 Å². The van der Waals surface area contributed by atoms with Crippen LogP contribution in [-0.2, 0) is 15.5 Å². The lowest BCUT2D eigenvalue weighted by Crippen LogP contribution is -2.16. The van der Waals surface area contributed by atoms with Gasteiger partial charge in [0.25, 0.3) is 0 Å². The molecule has 0 aromatic carbocycles. The Morgan fingerprint density at radius 2 is 0.424 bits per heavy atom. The molecule has 3 aliphatic rings. The SMILES string of the molecule is CC1=C(C)C(C)(p2p(C3(C)C(C)=C(C)C(C)=C3C)p2C2(C)C(C)=C(C)C(C)=C2C)C(C)=C1C. The summed E-state index contributed by atoms with van der Waals surface area (Å²) < 4.78 is 0. The predicted molar refractivity (Wildman–Crippen MR) is 156 cm³/mol. The fourth-order valence-corrected chi connectivity index (χ4v) is 40.4. The summed E-state index contributed by atoms with van der Waals surface area (Å²) in [6.45, 7) is 36.7. The quantitative estimate of drug-likeness (QED) is 0.389. The Hall–Kier alpha value is -0.660. The highest BCUT2D eigenvalue weighted by atomic mass is 32.7. The molecule has 0 radical (unpaired) electrons. The third kappa shape index (κ3) is 2.73. The minimum Gasteiger partial charge on any atom is -0.0594 e. The monoisotopic (exact) mass is 498 g/mol. The first-order valence-electron chi connectivity index (χ1n) is 12.5. The molecule has 0 atom stereocenters. The third-order valence-electron chi connectivity index (χ3n) is 11.2. The van der Waals surface area contributed by atoms with Crippen molar-refractivity contribution in [3.8, 4) is 0 Å². The molecule has 0 saturated heterocycles. The fourth-order valence-electron chi connectivity index (χ4n) is 6.89. The third-order valence-corrected chi connectivity index (χ3v) is 33.3. The van der Waals surface area contributed by atoms with Crippen LogP contribution in [0, 0.1) is 0 Å². The number of rotatable bonds is 3. The van der Waals surface area contributed by atoms with Gasteiger partial charge in [-0.05, 0) is 137 Å². The summed E-state index contributed by atoms with van der Waals surface area (Å²) in [6, 6.07) is 0. The highest BCUT2D eigenvalue weighted by Crippen LogP contribution is 3.04. The maximum atomic E-state index is 2.65. The van der Waals surface area contributed by atoms with E-state index in [0.29, 0.717) is 0 Å². The molecule has 0 amide bonds. The van der Waals surface area contributed by atoms with Gasteiger partial charge in [-0.1, -0.05) is 54.1 Å². The van der Waals surface area contributed by atoms with Gasteiger partial charge >= 0.3 is 0 Å². The second kappa shape index (κ2) is 7.42. The predicted octanol–water partition coefficient (Wildman–Crippen LogP) is 11.9. The number of hydrogen-bond donors (Lipinski definition) is 0. The molecule has 0 N–H and O–H groups in total. The molecule has 1 aromatic rings. The van der Waals surface area contributed by atoms with Crippen molar-refractivity contribution in [3.05, 3.63) is 66.9 Å². The zero-order valence-electron chi connectivity index (χ0n) is 23.8. The van der Waals surface area contributed by atoms with Crippen LogP contribution in [0.15, 0.2) is 66.9 Å². The molecule has 0 nitrogen and oxygen atoms in total. The van der Waals surface area contributed by atoms with Gasteiger partial charge in [-0.2, -0.15) is 0 Å². The molecule has 1 aromatic heterocycles. The Morgan fingerprint density at radius 3 is 0.545 bits per heavy atom. The minimum absolute atomic E-state index is 0.117. The zero-order chi connectivity index (χ0) is 25.2. The highest BCUT2D eigenvalue weighted by molar-refractivity contribution is 8.73. The van der Waals surface area contributed by atoms with Crippen LogP contribution in [0.4, 0.5) is 0 Å². The van der Waals surface area contributed by atoms with E-state index in [-0.39, 0.29) is 36.1 Å². The second-order valence-electron chi connectivity index (χ2n) is 11.6. The largest absolute Gasteiger partial charge is 0.0594 e. The van der Waals surface area contributed by atoms with Crippen LogP contribution in [0.2, 0.25) is 0 Å². The Morgan fingerprint density at radius 1 is 0.303 bits per heavy atom. The summed E-state index contributed by atoms with van der Waals surface area (Å²) in [5.41, 5.74) is 19.5. The summed E-state index contributed by atoms with van der Waals surface area (Å²) in [5.74, 6) is 0.